The molecule has 0 unspecified atom stereocenters. The van der Waals surface area contributed by atoms with E-state index in [1.165, 1.54) is 0 Å². The van der Waals surface area contributed by atoms with E-state index >= 15 is 0 Å². The second-order valence-electron chi connectivity index (χ2n) is 6.57. The molecule has 0 aliphatic carbocycles. The molecule has 1 saturated heterocycles. The van der Waals surface area contributed by atoms with Crippen LogP contribution in [0.5, 0.6) is 5.75 Å². The van der Waals surface area contributed by atoms with Gasteiger partial charge in [0.1, 0.15) is 16.6 Å². The Morgan fingerprint density at radius 2 is 1.69 bits per heavy atom. The van der Waals surface area contributed by atoms with Gasteiger partial charge in [-0.1, -0.05) is 13.8 Å². The zero-order chi connectivity index (χ0) is 17.8. The molecule has 0 saturated carbocycles. The van der Waals surface area contributed by atoms with Crippen LogP contribution in [0.4, 0.5) is 5.82 Å². The fourth-order valence-corrected chi connectivity index (χ4v) is 3.58. The second kappa shape index (κ2) is 9.44. The largest absolute Gasteiger partial charge is 0.497 e. The van der Waals surface area contributed by atoms with Gasteiger partial charge in [0.25, 0.3) is 0 Å². The van der Waals surface area contributed by atoms with E-state index in [0.29, 0.717) is 5.25 Å². The monoisotopic (exact) mass is 394 g/mol. The van der Waals surface area contributed by atoms with E-state index in [1.807, 2.05) is 24.3 Å². The minimum absolute atomic E-state index is 0. The summed E-state index contributed by atoms with van der Waals surface area (Å²) in [5, 5.41) is 1.52. The molecule has 1 aromatic heterocycles. The van der Waals surface area contributed by atoms with Crippen molar-refractivity contribution >= 4 is 30.0 Å². The first kappa shape index (κ1) is 20.8. The highest BCUT2D eigenvalue weighted by Gasteiger charge is 2.18. The lowest BCUT2D eigenvalue weighted by Gasteiger charge is -2.33. The van der Waals surface area contributed by atoms with Crippen LogP contribution in [0.3, 0.4) is 0 Å². The number of aromatic nitrogens is 2. The van der Waals surface area contributed by atoms with E-state index in [4.69, 9.17) is 14.7 Å². The standard InChI is InChI=1S/C19H26N4OS.ClH/c1-14(2)25-18-13-17(23-11-9-22(3)10-12-23)20-19(21-18)15-5-7-16(24-4)8-6-15;/h5-8,13-14H,9-12H2,1-4H3;1H. The zero-order valence-electron chi connectivity index (χ0n) is 15.8. The minimum Gasteiger partial charge on any atom is -0.497 e. The summed E-state index contributed by atoms with van der Waals surface area (Å²) in [7, 11) is 3.84. The molecule has 0 bridgehead atoms. The number of piperazine rings is 1. The summed E-state index contributed by atoms with van der Waals surface area (Å²) in [6.45, 7) is 8.51. The summed E-state index contributed by atoms with van der Waals surface area (Å²) in [5.74, 6) is 2.65. The first-order chi connectivity index (χ1) is 12.0. The summed E-state index contributed by atoms with van der Waals surface area (Å²) in [4.78, 5) is 14.4. The van der Waals surface area contributed by atoms with Crippen molar-refractivity contribution in [3.63, 3.8) is 0 Å². The molecule has 7 heteroatoms. The van der Waals surface area contributed by atoms with Crippen LogP contribution in [0, 0.1) is 0 Å². The van der Waals surface area contributed by atoms with Gasteiger partial charge in [-0.3, -0.25) is 0 Å². The quantitative estimate of drug-likeness (QED) is 0.567. The highest BCUT2D eigenvalue weighted by atomic mass is 35.5. The van der Waals surface area contributed by atoms with Gasteiger partial charge in [-0.2, -0.15) is 0 Å². The molecule has 0 atom stereocenters. The van der Waals surface area contributed by atoms with Crippen molar-refractivity contribution in [1.29, 1.82) is 0 Å². The summed E-state index contributed by atoms with van der Waals surface area (Å²) in [6, 6.07) is 10.1. The lowest BCUT2D eigenvalue weighted by molar-refractivity contribution is 0.312. The Balaban J connectivity index is 0.00000243. The van der Waals surface area contributed by atoms with Gasteiger partial charge in [-0.15, -0.1) is 24.2 Å². The van der Waals surface area contributed by atoms with E-state index in [-0.39, 0.29) is 12.4 Å². The van der Waals surface area contributed by atoms with Crippen molar-refractivity contribution < 1.29 is 4.74 Å². The van der Waals surface area contributed by atoms with Crippen LogP contribution in [-0.4, -0.2) is 60.5 Å². The molecule has 1 aliphatic heterocycles. The average molecular weight is 395 g/mol. The number of methoxy groups -OCH3 is 1. The SMILES string of the molecule is COc1ccc(-c2nc(SC(C)C)cc(N3CCN(C)CC3)n2)cc1.Cl. The van der Waals surface area contributed by atoms with Gasteiger partial charge in [-0.05, 0) is 31.3 Å². The molecule has 26 heavy (non-hydrogen) atoms. The molecule has 0 amide bonds. The van der Waals surface area contributed by atoms with Crippen molar-refractivity contribution in [1.82, 2.24) is 14.9 Å². The molecule has 2 aromatic rings. The minimum atomic E-state index is 0. The van der Waals surface area contributed by atoms with Crippen LogP contribution in [0.1, 0.15) is 13.8 Å². The maximum atomic E-state index is 5.25. The van der Waals surface area contributed by atoms with Crippen molar-refractivity contribution in [3.8, 4) is 17.1 Å². The first-order valence-electron chi connectivity index (χ1n) is 8.69. The van der Waals surface area contributed by atoms with Crippen molar-refractivity contribution in [2.24, 2.45) is 0 Å². The Morgan fingerprint density at radius 3 is 2.27 bits per heavy atom. The molecule has 0 radical (unpaired) electrons. The van der Waals surface area contributed by atoms with E-state index in [9.17, 15) is 0 Å². The third-order valence-corrected chi connectivity index (χ3v) is 5.14. The van der Waals surface area contributed by atoms with Crippen LogP contribution >= 0.6 is 24.2 Å². The summed E-state index contributed by atoms with van der Waals surface area (Å²) < 4.78 is 5.25. The van der Waals surface area contributed by atoms with E-state index in [2.05, 4.69) is 36.8 Å². The number of anilines is 1. The van der Waals surface area contributed by atoms with E-state index < -0.39 is 0 Å². The topological polar surface area (TPSA) is 41.5 Å². The maximum Gasteiger partial charge on any atom is 0.162 e. The van der Waals surface area contributed by atoms with Crippen molar-refractivity contribution in [2.75, 3.05) is 45.2 Å². The smallest absolute Gasteiger partial charge is 0.162 e. The third kappa shape index (κ3) is 5.25. The van der Waals surface area contributed by atoms with Crippen LogP contribution in [0.15, 0.2) is 35.4 Å². The lowest BCUT2D eigenvalue weighted by Crippen LogP contribution is -2.44. The second-order valence-corrected chi connectivity index (χ2v) is 8.17. The van der Waals surface area contributed by atoms with Crippen LogP contribution in [0.25, 0.3) is 11.4 Å². The van der Waals surface area contributed by atoms with Crippen molar-refractivity contribution in [3.05, 3.63) is 30.3 Å². The number of nitrogens with zero attached hydrogens (tertiary/aromatic N) is 4. The van der Waals surface area contributed by atoms with Gasteiger partial charge < -0.3 is 14.5 Å². The zero-order valence-corrected chi connectivity index (χ0v) is 17.4. The molecule has 142 valence electrons. The Morgan fingerprint density at radius 1 is 1.04 bits per heavy atom. The maximum absolute atomic E-state index is 5.25. The number of rotatable bonds is 5. The molecular formula is C19H27ClN4OS. The molecule has 2 heterocycles. The molecule has 1 aromatic carbocycles. The molecule has 0 spiro atoms. The number of hydrogen-bond acceptors (Lipinski definition) is 6. The van der Waals surface area contributed by atoms with Gasteiger partial charge in [0.05, 0.1) is 7.11 Å². The van der Waals surface area contributed by atoms with Gasteiger partial charge in [-0.25, -0.2) is 9.97 Å². The molecule has 5 nitrogen and oxygen atoms in total. The fraction of sp³-hybridized carbons (Fsp3) is 0.474. The molecular weight excluding hydrogens is 368 g/mol. The van der Waals surface area contributed by atoms with E-state index in [1.54, 1.807) is 18.9 Å². The molecule has 1 fully saturated rings. The number of hydrogen-bond donors (Lipinski definition) is 0. The number of likely N-dealkylation sites (N-methyl/N-ethyl adjacent to an activating group) is 1. The van der Waals surface area contributed by atoms with Crippen LogP contribution < -0.4 is 9.64 Å². The average Bonchev–Trinajstić information content (AvgIpc) is 2.61. The van der Waals surface area contributed by atoms with Crippen LogP contribution in [0.2, 0.25) is 0 Å². The summed E-state index contributed by atoms with van der Waals surface area (Å²) in [5.41, 5.74) is 1.02. The normalized spacial score (nSPS) is 15.0. The Kier molecular flexibility index (Phi) is 7.55. The molecule has 3 rings (SSSR count). The Labute approximate surface area is 166 Å². The van der Waals surface area contributed by atoms with Crippen LogP contribution in [-0.2, 0) is 0 Å². The predicted molar refractivity (Wildman–Crippen MR) is 112 cm³/mol. The highest BCUT2D eigenvalue weighted by molar-refractivity contribution is 7.99. The summed E-state index contributed by atoms with van der Waals surface area (Å²) in [6.07, 6.45) is 0. The molecule has 0 N–H and O–H groups in total. The van der Waals surface area contributed by atoms with E-state index in [0.717, 1.165) is 54.2 Å². The number of benzene rings is 1. The van der Waals surface area contributed by atoms with Gasteiger partial charge in [0, 0.05) is 43.1 Å². The Hall–Kier alpha value is -1.50. The van der Waals surface area contributed by atoms with Gasteiger partial charge in [0.15, 0.2) is 5.82 Å². The van der Waals surface area contributed by atoms with Gasteiger partial charge >= 0.3 is 0 Å². The predicted octanol–water partition coefficient (Wildman–Crippen LogP) is 3.83. The van der Waals surface area contributed by atoms with Crippen molar-refractivity contribution in [2.45, 2.75) is 24.1 Å². The lowest BCUT2D eigenvalue weighted by atomic mass is 10.2. The highest BCUT2D eigenvalue weighted by Crippen LogP contribution is 2.29. The summed E-state index contributed by atoms with van der Waals surface area (Å²) >= 11 is 1.78. The number of ether oxygens (including phenoxy) is 1. The fourth-order valence-electron chi connectivity index (χ4n) is 2.78. The van der Waals surface area contributed by atoms with Gasteiger partial charge in [0.2, 0.25) is 0 Å². The first-order valence-corrected chi connectivity index (χ1v) is 9.57. The molecule has 1 aliphatic rings. The number of thioether (sulfide) groups is 1. The Bertz CT molecular complexity index is 703. The third-order valence-electron chi connectivity index (χ3n) is 4.22. The number of halogens is 1.